The Labute approximate surface area is 77.5 Å². The van der Waals surface area contributed by atoms with Crippen molar-refractivity contribution >= 4 is 5.91 Å². The standard InChI is InChI=1S/C8H16N2O3/c1-4-5(2)8(12-3)13-6(4)7(11)10-9/h4-6,8H,9H2,1-3H3,(H,10,11). The van der Waals surface area contributed by atoms with E-state index in [-0.39, 0.29) is 24.0 Å². The van der Waals surface area contributed by atoms with Crippen molar-refractivity contribution in [2.75, 3.05) is 7.11 Å². The fourth-order valence-corrected chi connectivity index (χ4v) is 1.57. The van der Waals surface area contributed by atoms with Crippen molar-refractivity contribution in [1.29, 1.82) is 0 Å². The summed E-state index contributed by atoms with van der Waals surface area (Å²) >= 11 is 0. The minimum absolute atomic E-state index is 0.119. The molecular weight excluding hydrogens is 172 g/mol. The predicted octanol–water partition coefficient (Wildman–Crippen LogP) is -0.380. The Hall–Kier alpha value is -0.650. The Morgan fingerprint density at radius 1 is 1.46 bits per heavy atom. The van der Waals surface area contributed by atoms with Crippen LogP contribution >= 0.6 is 0 Å². The fraction of sp³-hybridized carbons (Fsp3) is 0.875. The molecule has 1 saturated heterocycles. The van der Waals surface area contributed by atoms with E-state index < -0.39 is 6.10 Å². The second-order valence-electron chi connectivity index (χ2n) is 3.39. The lowest BCUT2D eigenvalue weighted by Gasteiger charge is -2.13. The van der Waals surface area contributed by atoms with Gasteiger partial charge in [-0.05, 0) is 5.92 Å². The van der Waals surface area contributed by atoms with Crippen LogP contribution in [0.1, 0.15) is 13.8 Å². The molecule has 0 radical (unpaired) electrons. The van der Waals surface area contributed by atoms with Crippen molar-refractivity contribution in [1.82, 2.24) is 5.43 Å². The Balaban J connectivity index is 2.65. The van der Waals surface area contributed by atoms with E-state index in [1.54, 1.807) is 7.11 Å². The Morgan fingerprint density at radius 3 is 2.46 bits per heavy atom. The van der Waals surface area contributed by atoms with Crippen molar-refractivity contribution in [2.45, 2.75) is 26.2 Å². The molecule has 0 bridgehead atoms. The molecule has 1 fully saturated rings. The Bertz CT molecular complexity index is 198. The number of rotatable bonds is 2. The molecule has 4 atom stereocenters. The van der Waals surface area contributed by atoms with Crippen LogP contribution in [-0.2, 0) is 14.3 Å². The average Bonchev–Trinajstić information content (AvgIpc) is 2.43. The molecule has 1 amide bonds. The molecule has 3 N–H and O–H groups in total. The number of hydrazine groups is 1. The van der Waals surface area contributed by atoms with E-state index in [0.717, 1.165) is 0 Å². The molecule has 0 aromatic heterocycles. The number of hydrogen-bond donors (Lipinski definition) is 2. The second kappa shape index (κ2) is 4.04. The van der Waals surface area contributed by atoms with Crippen LogP contribution in [0.4, 0.5) is 0 Å². The third-order valence-corrected chi connectivity index (χ3v) is 2.65. The summed E-state index contributed by atoms with van der Waals surface area (Å²) in [6, 6.07) is 0. The Morgan fingerprint density at radius 2 is 2.08 bits per heavy atom. The van der Waals surface area contributed by atoms with Gasteiger partial charge in [-0.3, -0.25) is 10.2 Å². The van der Waals surface area contributed by atoms with Crippen LogP contribution in [0.15, 0.2) is 0 Å². The maximum atomic E-state index is 11.2. The lowest BCUT2D eigenvalue weighted by molar-refractivity contribution is -0.153. The van der Waals surface area contributed by atoms with Crippen LogP contribution in [0, 0.1) is 11.8 Å². The monoisotopic (exact) mass is 188 g/mol. The van der Waals surface area contributed by atoms with E-state index in [0.29, 0.717) is 0 Å². The summed E-state index contributed by atoms with van der Waals surface area (Å²) in [5.41, 5.74) is 2.08. The zero-order valence-electron chi connectivity index (χ0n) is 8.11. The van der Waals surface area contributed by atoms with Gasteiger partial charge < -0.3 is 9.47 Å². The largest absolute Gasteiger partial charge is 0.356 e. The third kappa shape index (κ3) is 1.82. The highest BCUT2D eigenvalue weighted by Crippen LogP contribution is 2.32. The van der Waals surface area contributed by atoms with Crippen LogP contribution in [0.5, 0.6) is 0 Å². The normalized spacial score (nSPS) is 39.1. The predicted molar refractivity (Wildman–Crippen MR) is 46.3 cm³/mol. The lowest BCUT2D eigenvalue weighted by Crippen LogP contribution is -2.41. The van der Waals surface area contributed by atoms with Crippen molar-refractivity contribution in [3.8, 4) is 0 Å². The summed E-state index contributed by atoms with van der Waals surface area (Å²) in [7, 11) is 1.57. The topological polar surface area (TPSA) is 73.6 Å². The smallest absolute Gasteiger partial charge is 0.263 e. The summed E-state index contributed by atoms with van der Waals surface area (Å²) in [4.78, 5) is 11.2. The van der Waals surface area contributed by atoms with Crippen LogP contribution in [0.25, 0.3) is 0 Å². The fourth-order valence-electron chi connectivity index (χ4n) is 1.57. The average molecular weight is 188 g/mol. The van der Waals surface area contributed by atoms with Crippen molar-refractivity contribution in [2.24, 2.45) is 17.7 Å². The molecular formula is C8H16N2O3. The first-order valence-electron chi connectivity index (χ1n) is 4.30. The van der Waals surface area contributed by atoms with Crippen LogP contribution in [0.3, 0.4) is 0 Å². The highest BCUT2D eigenvalue weighted by atomic mass is 16.7. The molecule has 13 heavy (non-hydrogen) atoms. The molecule has 0 saturated carbocycles. The summed E-state index contributed by atoms with van der Waals surface area (Å²) in [5, 5.41) is 0. The highest BCUT2D eigenvalue weighted by molar-refractivity contribution is 5.80. The van der Waals surface area contributed by atoms with Crippen molar-refractivity contribution in [3.63, 3.8) is 0 Å². The number of nitrogens with one attached hydrogen (secondary N) is 1. The van der Waals surface area contributed by atoms with Gasteiger partial charge in [0.15, 0.2) is 6.29 Å². The van der Waals surface area contributed by atoms with Gasteiger partial charge in [0.05, 0.1) is 0 Å². The van der Waals surface area contributed by atoms with Crippen LogP contribution in [-0.4, -0.2) is 25.4 Å². The van der Waals surface area contributed by atoms with Gasteiger partial charge in [0.2, 0.25) is 0 Å². The van der Waals surface area contributed by atoms with Crippen LogP contribution < -0.4 is 11.3 Å². The molecule has 0 aliphatic carbocycles. The van der Waals surface area contributed by atoms with Gasteiger partial charge in [-0.25, -0.2) is 5.84 Å². The molecule has 0 spiro atoms. The molecule has 0 aromatic rings. The molecule has 1 heterocycles. The number of hydrogen-bond acceptors (Lipinski definition) is 4. The van der Waals surface area contributed by atoms with Crippen molar-refractivity contribution < 1.29 is 14.3 Å². The number of carbonyl (C=O) groups excluding carboxylic acids is 1. The molecule has 76 valence electrons. The van der Waals surface area contributed by atoms with E-state index >= 15 is 0 Å². The van der Waals surface area contributed by atoms with Gasteiger partial charge in [0.1, 0.15) is 6.10 Å². The summed E-state index contributed by atoms with van der Waals surface area (Å²) < 4.78 is 10.4. The molecule has 5 nitrogen and oxygen atoms in total. The second-order valence-corrected chi connectivity index (χ2v) is 3.39. The van der Waals surface area contributed by atoms with Gasteiger partial charge in [-0.15, -0.1) is 0 Å². The summed E-state index contributed by atoms with van der Waals surface area (Å²) in [6.07, 6.45) is -0.803. The van der Waals surface area contributed by atoms with Crippen LogP contribution in [0.2, 0.25) is 0 Å². The quantitative estimate of drug-likeness (QED) is 0.352. The minimum Gasteiger partial charge on any atom is -0.356 e. The SMILES string of the molecule is COC1OC(C(=O)NN)C(C)C1C. The maximum Gasteiger partial charge on any atom is 0.263 e. The maximum absolute atomic E-state index is 11.2. The first-order valence-corrected chi connectivity index (χ1v) is 4.30. The number of carbonyl (C=O) groups is 1. The number of ether oxygens (including phenoxy) is 2. The number of methoxy groups -OCH3 is 1. The summed E-state index contributed by atoms with van der Waals surface area (Å²) in [6.45, 7) is 3.94. The van der Waals surface area contributed by atoms with E-state index in [2.05, 4.69) is 5.43 Å². The molecule has 0 aromatic carbocycles. The molecule has 1 aliphatic rings. The molecule has 4 unspecified atom stereocenters. The first kappa shape index (κ1) is 10.4. The minimum atomic E-state index is -0.495. The molecule has 5 heteroatoms. The zero-order chi connectivity index (χ0) is 10.0. The summed E-state index contributed by atoms with van der Waals surface area (Å²) in [5.74, 6) is 5.05. The Kier molecular flexibility index (Phi) is 3.24. The number of nitrogens with two attached hydrogens (primary N) is 1. The van der Waals surface area contributed by atoms with E-state index in [1.165, 1.54) is 0 Å². The van der Waals surface area contributed by atoms with Gasteiger partial charge in [0, 0.05) is 13.0 Å². The number of amides is 1. The van der Waals surface area contributed by atoms with E-state index in [4.69, 9.17) is 15.3 Å². The lowest BCUT2D eigenvalue weighted by atomic mass is 9.93. The van der Waals surface area contributed by atoms with E-state index in [9.17, 15) is 4.79 Å². The van der Waals surface area contributed by atoms with Gasteiger partial charge in [-0.1, -0.05) is 13.8 Å². The van der Waals surface area contributed by atoms with E-state index in [1.807, 2.05) is 13.8 Å². The van der Waals surface area contributed by atoms with Gasteiger partial charge in [0.25, 0.3) is 5.91 Å². The van der Waals surface area contributed by atoms with Gasteiger partial charge >= 0.3 is 0 Å². The highest BCUT2D eigenvalue weighted by Gasteiger charge is 2.42. The third-order valence-electron chi connectivity index (χ3n) is 2.65. The zero-order valence-corrected chi connectivity index (χ0v) is 8.11. The molecule has 1 rings (SSSR count). The first-order chi connectivity index (χ1) is 6.11. The molecule has 1 aliphatic heterocycles. The van der Waals surface area contributed by atoms with Crippen molar-refractivity contribution in [3.05, 3.63) is 0 Å². The van der Waals surface area contributed by atoms with Gasteiger partial charge in [-0.2, -0.15) is 0 Å².